The van der Waals surface area contributed by atoms with Gasteiger partial charge in [0.05, 0.1) is 17.0 Å². The molecule has 1 aliphatic heterocycles. The molecule has 1 amide bonds. The van der Waals surface area contributed by atoms with Crippen molar-refractivity contribution >= 4 is 22.8 Å². The first-order chi connectivity index (χ1) is 15.6. The second-order valence-corrected chi connectivity index (χ2v) is 8.53. The SMILES string of the molecule is CC(=O)N1CCC(c2cnc3ncnc(N[C@H](C)c4cccc(C(F)(F)F)c4C)c3c2)CC1. The van der Waals surface area contributed by atoms with E-state index in [1.165, 1.54) is 19.3 Å². The van der Waals surface area contributed by atoms with Gasteiger partial charge in [-0.3, -0.25) is 4.79 Å². The van der Waals surface area contributed by atoms with Crippen LogP contribution in [0.4, 0.5) is 19.0 Å². The Balaban J connectivity index is 1.61. The average molecular weight is 458 g/mol. The van der Waals surface area contributed by atoms with Gasteiger partial charge in [0.25, 0.3) is 0 Å². The number of anilines is 1. The summed E-state index contributed by atoms with van der Waals surface area (Å²) in [6.07, 6.45) is 0.506. The fourth-order valence-electron chi connectivity index (χ4n) is 4.54. The minimum absolute atomic E-state index is 0.0869. The van der Waals surface area contributed by atoms with Gasteiger partial charge in [-0.15, -0.1) is 0 Å². The number of nitrogens with one attached hydrogen (secondary N) is 1. The van der Waals surface area contributed by atoms with Crippen LogP contribution in [-0.2, 0) is 11.0 Å². The molecule has 33 heavy (non-hydrogen) atoms. The molecule has 0 spiro atoms. The summed E-state index contributed by atoms with van der Waals surface area (Å²) < 4.78 is 40.0. The predicted molar refractivity (Wildman–Crippen MR) is 120 cm³/mol. The van der Waals surface area contributed by atoms with E-state index in [4.69, 9.17) is 0 Å². The number of likely N-dealkylation sites (tertiary alicyclic amines) is 1. The van der Waals surface area contributed by atoms with Gasteiger partial charge in [-0.2, -0.15) is 13.2 Å². The van der Waals surface area contributed by atoms with Crippen LogP contribution in [0.5, 0.6) is 0 Å². The quantitative estimate of drug-likeness (QED) is 0.579. The lowest BCUT2D eigenvalue weighted by Crippen LogP contribution is -2.36. The molecule has 6 nitrogen and oxygen atoms in total. The molecule has 1 saturated heterocycles. The van der Waals surface area contributed by atoms with E-state index in [-0.39, 0.29) is 17.4 Å². The smallest absolute Gasteiger partial charge is 0.363 e. The maximum atomic E-state index is 13.3. The number of alkyl halides is 3. The molecule has 0 saturated carbocycles. The number of nitrogens with zero attached hydrogens (tertiary/aromatic N) is 4. The maximum absolute atomic E-state index is 13.3. The Bertz CT molecular complexity index is 1170. The van der Waals surface area contributed by atoms with Crippen LogP contribution in [-0.4, -0.2) is 38.8 Å². The van der Waals surface area contributed by atoms with Crippen LogP contribution in [0.15, 0.2) is 36.8 Å². The molecule has 2 aromatic heterocycles. The molecule has 0 radical (unpaired) electrons. The number of hydrogen-bond donors (Lipinski definition) is 1. The van der Waals surface area contributed by atoms with Crippen molar-refractivity contribution in [3.8, 4) is 0 Å². The fraction of sp³-hybridized carbons (Fsp3) is 0.417. The summed E-state index contributed by atoms with van der Waals surface area (Å²) in [5.74, 6) is 0.886. The Hall–Kier alpha value is -3.23. The molecule has 1 N–H and O–H groups in total. The molecule has 0 unspecified atom stereocenters. The molecule has 174 valence electrons. The van der Waals surface area contributed by atoms with Gasteiger partial charge in [0.15, 0.2) is 5.65 Å². The third-order valence-corrected chi connectivity index (χ3v) is 6.42. The number of rotatable bonds is 4. The van der Waals surface area contributed by atoms with Crippen molar-refractivity contribution in [3.63, 3.8) is 0 Å². The van der Waals surface area contributed by atoms with Crippen molar-refractivity contribution in [1.29, 1.82) is 0 Å². The van der Waals surface area contributed by atoms with E-state index < -0.39 is 17.8 Å². The van der Waals surface area contributed by atoms with Crippen molar-refractivity contribution in [3.05, 3.63) is 59.0 Å². The van der Waals surface area contributed by atoms with Gasteiger partial charge in [-0.1, -0.05) is 12.1 Å². The van der Waals surface area contributed by atoms with Gasteiger partial charge >= 0.3 is 6.18 Å². The Morgan fingerprint density at radius 3 is 2.58 bits per heavy atom. The van der Waals surface area contributed by atoms with Gasteiger partial charge in [0, 0.05) is 26.2 Å². The van der Waals surface area contributed by atoms with E-state index in [0.29, 0.717) is 30.1 Å². The minimum Gasteiger partial charge on any atom is -0.363 e. The Morgan fingerprint density at radius 1 is 1.18 bits per heavy atom. The molecule has 1 aliphatic rings. The van der Waals surface area contributed by atoms with Crippen LogP contribution in [0.25, 0.3) is 11.0 Å². The van der Waals surface area contributed by atoms with Gasteiger partial charge in [0.2, 0.25) is 5.91 Å². The summed E-state index contributed by atoms with van der Waals surface area (Å²) in [7, 11) is 0. The number of carbonyl (C=O) groups excluding carboxylic acids is 1. The zero-order valence-corrected chi connectivity index (χ0v) is 18.8. The number of hydrogen-bond acceptors (Lipinski definition) is 5. The second-order valence-electron chi connectivity index (χ2n) is 8.53. The van der Waals surface area contributed by atoms with Crippen LogP contribution in [0.1, 0.15) is 60.9 Å². The standard InChI is InChI=1S/C24H26F3N5O/c1-14-19(5-4-6-21(14)24(25,26)27)15(2)31-23-20-11-18(12-28-22(20)29-13-30-23)17-7-9-32(10-8-17)16(3)33/h4-6,11-13,15,17H,7-10H2,1-3H3,(H,28,29,30,31)/t15-/m1/s1. The van der Waals surface area contributed by atoms with Crippen molar-refractivity contribution in [2.45, 2.75) is 51.7 Å². The molecular weight excluding hydrogens is 431 g/mol. The van der Waals surface area contributed by atoms with Crippen LogP contribution in [0.3, 0.4) is 0 Å². The van der Waals surface area contributed by atoms with Crippen LogP contribution in [0.2, 0.25) is 0 Å². The number of amides is 1. The molecule has 3 heterocycles. The summed E-state index contributed by atoms with van der Waals surface area (Å²) in [6, 6.07) is 5.81. The van der Waals surface area contributed by atoms with Crippen LogP contribution < -0.4 is 5.32 Å². The molecule has 3 aromatic rings. The average Bonchev–Trinajstić information content (AvgIpc) is 2.78. The minimum atomic E-state index is -4.40. The third kappa shape index (κ3) is 4.77. The van der Waals surface area contributed by atoms with Gasteiger partial charge < -0.3 is 10.2 Å². The number of halogens is 3. The van der Waals surface area contributed by atoms with E-state index in [9.17, 15) is 18.0 Å². The summed E-state index contributed by atoms with van der Waals surface area (Å²) >= 11 is 0. The van der Waals surface area contributed by atoms with Gasteiger partial charge in [-0.25, -0.2) is 15.0 Å². The summed E-state index contributed by atoms with van der Waals surface area (Å²) in [5, 5.41) is 3.98. The first-order valence-corrected chi connectivity index (χ1v) is 10.9. The van der Waals surface area contributed by atoms with Crippen molar-refractivity contribution in [1.82, 2.24) is 19.9 Å². The van der Waals surface area contributed by atoms with Crippen molar-refractivity contribution < 1.29 is 18.0 Å². The lowest BCUT2D eigenvalue weighted by molar-refractivity contribution is -0.138. The highest BCUT2D eigenvalue weighted by Gasteiger charge is 2.33. The largest absolute Gasteiger partial charge is 0.416 e. The topological polar surface area (TPSA) is 71.0 Å². The second kappa shape index (κ2) is 8.96. The molecule has 1 fully saturated rings. The molecule has 0 bridgehead atoms. The first-order valence-electron chi connectivity index (χ1n) is 10.9. The number of aromatic nitrogens is 3. The zero-order valence-electron chi connectivity index (χ0n) is 18.8. The molecule has 0 aliphatic carbocycles. The molecule has 4 rings (SSSR count). The molecule has 1 atom stereocenters. The number of piperidine rings is 1. The van der Waals surface area contributed by atoms with E-state index in [2.05, 4.69) is 20.3 Å². The Morgan fingerprint density at radius 2 is 1.91 bits per heavy atom. The zero-order chi connectivity index (χ0) is 23.8. The summed E-state index contributed by atoms with van der Waals surface area (Å²) in [4.78, 5) is 26.6. The number of fused-ring (bicyclic) bond motifs is 1. The third-order valence-electron chi connectivity index (χ3n) is 6.42. The molecular formula is C24H26F3N5O. The predicted octanol–water partition coefficient (Wildman–Crippen LogP) is 5.25. The van der Waals surface area contributed by atoms with E-state index in [1.807, 2.05) is 24.1 Å². The fourth-order valence-corrected chi connectivity index (χ4v) is 4.54. The number of pyridine rings is 1. The van der Waals surface area contributed by atoms with Crippen LogP contribution >= 0.6 is 0 Å². The normalized spacial score (nSPS) is 16.1. The first kappa shape index (κ1) is 22.9. The highest BCUT2D eigenvalue weighted by molar-refractivity contribution is 5.86. The number of carbonyl (C=O) groups is 1. The van der Waals surface area contributed by atoms with Crippen molar-refractivity contribution in [2.75, 3.05) is 18.4 Å². The van der Waals surface area contributed by atoms with Gasteiger partial charge in [-0.05, 0) is 61.4 Å². The highest BCUT2D eigenvalue weighted by atomic mass is 19.4. The monoisotopic (exact) mass is 457 g/mol. The lowest BCUT2D eigenvalue weighted by Gasteiger charge is -2.31. The lowest BCUT2D eigenvalue weighted by atomic mass is 9.90. The molecule has 1 aromatic carbocycles. The molecule has 9 heteroatoms. The Kier molecular flexibility index (Phi) is 6.23. The van der Waals surface area contributed by atoms with Crippen LogP contribution in [0, 0.1) is 6.92 Å². The van der Waals surface area contributed by atoms with E-state index >= 15 is 0 Å². The summed E-state index contributed by atoms with van der Waals surface area (Å²) in [5.41, 5.74) is 1.68. The van der Waals surface area contributed by atoms with E-state index in [1.54, 1.807) is 13.0 Å². The summed E-state index contributed by atoms with van der Waals surface area (Å²) in [6.45, 7) is 6.30. The number of benzene rings is 1. The highest BCUT2D eigenvalue weighted by Crippen LogP contribution is 2.36. The van der Waals surface area contributed by atoms with E-state index in [0.717, 1.165) is 29.9 Å². The van der Waals surface area contributed by atoms with Gasteiger partial charge in [0.1, 0.15) is 12.1 Å². The van der Waals surface area contributed by atoms with Crippen molar-refractivity contribution in [2.24, 2.45) is 0 Å². The Labute approximate surface area is 190 Å². The maximum Gasteiger partial charge on any atom is 0.416 e.